The van der Waals surface area contributed by atoms with E-state index in [1.807, 2.05) is 26.0 Å². The van der Waals surface area contributed by atoms with Gasteiger partial charge >= 0.3 is 6.03 Å². The van der Waals surface area contributed by atoms with E-state index in [4.69, 9.17) is 4.74 Å². The van der Waals surface area contributed by atoms with Gasteiger partial charge in [0.2, 0.25) is 0 Å². The van der Waals surface area contributed by atoms with E-state index in [9.17, 15) is 9.90 Å². The minimum atomic E-state index is -0.405. The molecule has 2 atom stereocenters. The summed E-state index contributed by atoms with van der Waals surface area (Å²) in [6.07, 6.45) is 2.66. The molecule has 138 valence electrons. The van der Waals surface area contributed by atoms with Gasteiger partial charge in [-0.3, -0.25) is 0 Å². The van der Waals surface area contributed by atoms with E-state index in [1.165, 1.54) is 11.1 Å². The summed E-state index contributed by atoms with van der Waals surface area (Å²) < 4.78 is 6.09. The molecule has 1 fully saturated rings. The Labute approximate surface area is 150 Å². The maximum absolute atomic E-state index is 13.0. The average molecular weight is 346 g/mol. The van der Waals surface area contributed by atoms with Crippen LogP contribution in [0.25, 0.3) is 0 Å². The second-order valence-corrected chi connectivity index (χ2v) is 8.34. The summed E-state index contributed by atoms with van der Waals surface area (Å²) in [6, 6.07) is 8.14. The van der Waals surface area contributed by atoms with Crippen molar-refractivity contribution in [2.24, 2.45) is 0 Å². The van der Waals surface area contributed by atoms with Gasteiger partial charge in [0.15, 0.2) is 0 Å². The number of aliphatic hydroxyl groups is 1. The molecule has 2 amide bonds. The van der Waals surface area contributed by atoms with Crippen LogP contribution in [0.5, 0.6) is 0 Å². The zero-order valence-corrected chi connectivity index (χ0v) is 15.7. The van der Waals surface area contributed by atoms with Gasteiger partial charge in [-0.25, -0.2) is 4.79 Å². The van der Waals surface area contributed by atoms with Crippen LogP contribution in [0, 0.1) is 0 Å². The molecule has 0 aromatic heterocycles. The normalized spacial score (nSPS) is 26.3. The van der Waals surface area contributed by atoms with Gasteiger partial charge in [-0.05, 0) is 58.1 Å². The van der Waals surface area contributed by atoms with Crippen LogP contribution in [0.3, 0.4) is 0 Å². The Bertz CT molecular complexity index is 642. The molecule has 1 aliphatic carbocycles. The number of hydrogen-bond acceptors (Lipinski definition) is 3. The predicted molar refractivity (Wildman–Crippen MR) is 97.5 cm³/mol. The van der Waals surface area contributed by atoms with Gasteiger partial charge in [0, 0.05) is 6.54 Å². The SMILES string of the molecule is CC1(C)CC(NC(=O)N(CCO)C2CCc3ccccc32)C(C)(C)O1. The quantitative estimate of drug-likeness (QED) is 0.881. The molecule has 5 nitrogen and oxygen atoms in total. The average Bonchev–Trinajstić information content (AvgIpc) is 3.02. The molecule has 0 spiro atoms. The summed E-state index contributed by atoms with van der Waals surface area (Å²) >= 11 is 0. The minimum absolute atomic E-state index is 0.0294. The number of nitrogens with zero attached hydrogens (tertiary/aromatic N) is 1. The largest absolute Gasteiger partial charge is 0.395 e. The maximum atomic E-state index is 13.0. The van der Waals surface area contributed by atoms with Crippen molar-refractivity contribution in [1.29, 1.82) is 0 Å². The Morgan fingerprint density at radius 3 is 2.68 bits per heavy atom. The molecule has 1 aliphatic heterocycles. The lowest BCUT2D eigenvalue weighted by Gasteiger charge is -2.33. The van der Waals surface area contributed by atoms with Crippen molar-refractivity contribution in [3.63, 3.8) is 0 Å². The number of carbonyl (C=O) groups is 1. The molecule has 0 saturated carbocycles. The van der Waals surface area contributed by atoms with Gasteiger partial charge < -0.3 is 20.1 Å². The zero-order chi connectivity index (χ0) is 18.2. The number of fused-ring (bicyclic) bond motifs is 1. The Morgan fingerprint density at radius 1 is 1.32 bits per heavy atom. The van der Waals surface area contributed by atoms with Gasteiger partial charge in [-0.2, -0.15) is 0 Å². The molecule has 1 saturated heterocycles. The molecule has 0 radical (unpaired) electrons. The minimum Gasteiger partial charge on any atom is -0.395 e. The first kappa shape index (κ1) is 18.2. The van der Waals surface area contributed by atoms with Gasteiger partial charge in [0.05, 0.1) is 29.9 Å². The van der Waals surface area contributed by atoms with Gasteiger partial charge in [0.1, 0.15) is 0 Å². The summed E-state index contributed by atoms with van der Waals surface area (Å²) in [4.78, 5) is 14.8. The van der Waals surface area contributed by atoms with Crippen LogP contribution in [0.4, 0.5) is 4.79 Å². The van der Waals surface area contributed by atoms with E-state index in [0.29, 0.717) is 6.54 Å². The van der Waals surface area contributed by atoms with Crippen LogP contribution in [-0.2, 0) is 11.2 Å². The standard InChI is InChI=1S/C20H30N2O3/c1-19(2)13-17(20(3,4)25-19)21-18(24)22(11-12-23)16-10-9-14-7-5-6-8-15(14)16/h5-8,16-17,23H,9-13H2,1-4H3,(H,21,24). The fourth-order valence-corrected chi connectivity index (χ4v) is 4.38. The van der Waals surface area contributed by atoms with Gasteiger partial charge in [-0.1, -0.05) is 24.3 Å². The first-order valence-electron chi connectivity index (χ1n) is 9.19. The van der Waals surface area contributed by atoms with Gasteiger partial charge in [-0.15, -0.1) is 0 Å². The first-order valence-corrected chi connectivity index (χ1v) is 9.19. The molecule has 2 unspecified atom stereocenters. The van der Waals surface area contributed by atoms with Crippen LogP contribution in [0.2, 0.25) is 0 Å². The van der Waals surface area contributed by atoms with E-state index in [0.717, 1.165) is 19.3 Å². The second kappa shape index (κ2) is 6.61. The van der Waals surface area contributed by atoms with Crippen LogP contribution in [0.15, 0.2) is 24.3 Å². The lowest BCUT2D eigenvalue weighted by molar-refractivity contribution is -0.0693. The van der Waals surface area contributed by atoms with Crippen molar-refractivity contribution in [2.75, 3.05) is 13.2 Å². The number of hydrogen-bond donors (Lipinski definition) is 2. The molecule has 2 aliphatic rings. The van der Waals surface area contributed by atoms with Crippen molar-refractivity contribution < 1.29 is 14.6 Å². The number of benzene rings is 1. The predicted octanol–water partition coefficient (Wildman–Crippen LogP) is 3.02. The van der Waals surface area contributed by atoms with Crippen LogP contribution < -0.4 is 5.32 Å². The summed E-state index contributed by atoms with van der Waals surface area (Å²) in [5.41, 5.74) is 1.85. The Morgan fingerprint density at radius 2 is 2.04 bits per heavy atom. The zero-order valence-electron chi connectivity index (χ0n) is 15.7. The maximum Gasteiger partial charge on any atom is 0.318 e. The highest BCUT2D eigenvalue weighted by Gasteiger charge is 2.47. The molecule has 3 rings (SSSR count). The number of urea groups is 1. The molecular weight excluding hydrogens is 316 g/mol. The van der Waals surface area contributed by atoms with E-state index in [-0.39, 0.29) is 30.3 Å². The van der Waals surface area contributed by atoms with E-state index in [2.05, 4.69) is 31.3 Å². The van der Waals surface area contributed by atoms with Crippen molar-refractivity contribution in [1.82, 2.24) is 10.2 Å². The van der Waals surface area contributed by atoms with Crippen LogP contribution >= 0.6 is 0 Å². The van der Waals surface area contributed by atoms with Crippen LogP contribution in [0.1, 0.15) is 57.7 Å². The highest BCUT2D eigenvalue weighted by atomic mass is 16.5. The lowest BCUT2D eigenvalue weighted by Crippen LogP contribution is -2.52. The van der Waals surface area contributed by atoms with E-state index < -0.39 is 5.60 Å². The van der Waals surface area contributed by atoms with Gasteiger partial charge in [0.25, 0.3) is 0 Å². The third-order valence-corrected chi connectivity index (χ3v) is 5.45. The Balaban J connectivity index is 1.77. The fourth-order valence-electron chi connectivity index (χ4n) is 4.38. The number of aliphatic hydroxyl groups excluding tert-OH is 1. The van der Waals surface area contributed by atoms with E-state index in [1.54, 1.807) is 4.90 Å². The van der Waals surface area contributed by atoms with Crippen molar-refractivity contribution in [3.05, 3.63) is 35.4 Å². The van der Waals surface area contributed by atoms with Crippen LogP contribution in [-0.4, -0.2) is 46.4 Å². The number of rotatable bonds is 4. The summed E-state index contributed by atoms with van der Waals surface area (Å²) in [5.74, 6) is 0. The molecule has 1 heterocycles. The molecule has 2 N–H and O–H groups in total. The summed E-state index contributed by atoms with van der Waals surface area (Å²) in [6.45, 7) is 8.45. The molecule has 25 heavy (non-hydrogen) atoms. The third-order valence-electron chi connectivity index (χ3n) is 5.45. The van der Waals surface area contributed by atoms with Crippen molar-refractivity contribution >= 4 is 6.03 Å². The van der Waals surface area contributed by atoms with Crippen molar-refractivity contribution in [2.45, 2.75) is 70.2 Å². The number of ether oxygens (including phenoxy) is 1. The molecule has 1 aromatic carbocycles. The smallest absolute Gasteiger partial charge is 0.318 e. The molecule has 5 heteroatoms. The molecule has 0 bridgehead atoms. The monoisotopic (exact) mass is 346 g/mol. The summed E-state index contributed by atoms with van der Waals surface area (Å²) in [5, 5.41) is 12.7. The second-order valence-electron chi connectivity index (χ2n) is 8.34. The highest BCUT2D eigenvalue weighted by molar-refractivity contribution is 5.75. The van der Waals surface area contributed by atoms with E-state index >= 15 is 0 Å². The first-order chi connectivity index (χ1) is 11.7. The molecule has 1 aromatic rings. The summed E-state index contributed by atoms with van der Waals surface area (Å²) in [7, 11) is 0. The highest BCUT2D eigenvalue weighted by Crippen LogP contribution is 2.38. The fraction of sp³-hybridized carbons (Fsp3) is 0.650. The number of amides is 2. The topological polar surface area (TPSA) is 61.8 Å². The Hall–Kier alpha value is -1.59. The Kier molecular flexibility index (Phi) is 4.82. The lowest BCUT2D eigenvalue weighted by atomic mass is 9.94. The number of aryl methyl sites for hydroxylation is 1. The number of carbonyl (C=O) groups excluding carboxylic acids is 1. The molecular formula is C20H30N2O3. The number of nitrogens with one attached hydrogen (secondary N) is 1. The van der Waals surface area contributed by atoms with Crippen molar-refractivity contribution in [3.8, 4) is 0 Å². The third kappa shape index (κ3) is 3.67.